The van der Waals surface area contributed by atoms with Crippen molar-refractivity contribution in [2.75, 3.05) is 17.2 Å². The number of rotatable bonds is 5. The molecule has 0 spiro atoms. The molecule has 0 bridgehead atoms. The lowest BCUT2D eigenvalue weighted by Gasteiger charge is -2.07. The molecule has 0 saturated carbocycles. The van der Waals surface area contributed by atoms with Crippen LogP contribution in [0.1, 0.15) is 12.6 Å². The van der Waals surface area contributed by atoms with Gasteiger partial charge < -0.3 is 10.6 Å². The Hall–Kier alpha value is -1.40. The van der Waals surface area contributed by atoms with Gasteiger partial charge in [-0.1, -0.05) is 11.6 Å². The molecule has 17 heavy (non-hydrogen) atoms. The molecule has 0 aliphatic carbocycles. The first-order valence-electron chi connectivity index (χ1n) is 5.17. The van der Waals surface area contributed by atoms with Crippen LogP contribution in [0, 0.1) is 0 Å². The molecule has 0 unspecified atom stereocenters. The average Bonchev–Trinajstić information content (AvgIpc) is 2.83. The van der Waals surface area contributed by atoms with E-state index in [1.54, 1.807) is 23.0 Å². The Morgan fingerprint density at radius 1 is 1.35 bits per heavy atom. The van der Waals surface area contributed by atoms with Crippen molar-refractivity contribution >= 4 is 34.7 Å². The van der Waals surface area contributed by atoms with Crippen LogP contribution in [0.25, 0.3) is 0 Å². The van der Waals surface area contributed by atoms with Gasteiger partial charge >= 0.3 is 0 Å². The van der Waals surface area contributed by atoms with E-state index in [1.807, 2.05) is 12.3 Å². The van der Waals surface area contributed by atoms with Gasteiger partial charge in [0.25, 0.3) is 0 Å². The molecule has 0 radical (unpaired) electrons. The van der Waals surface area contributed by atoms with E-state index in [2.05, 4.69) is 25.6 Å². The Morgan fingerprint density at radius 3 is 2.94 bits per heavy atom. The van der Waals surface area contributed by atoms with E-state index in [0.29, 0.717) is 23.3 Å². The summed E-state index contributed by atoms with van der Waals surface area (Å²) in [7, 11) is 0. The maximum Gasteiger partial charge on any atom is 0.224 e. The predicted octanol–water partition coefficient (Wildman–Crippen LogP) is 2.63. The van der Waals surface area contributed by atoms with Crippen molar-refractivity contribution in [1.82, 2.24) is 15.0 Å². The van der Waals surface area contributed by atoms with Crippen molar-refractivity contribution in [3.63, 3.8) is 0 Å². The van der Waals surface area contributed by atoms with Gasteiger partial charge in [0.05, 0.1) is 23.9 Å². The Bertz CT molecular complexity index is 474. The number of hydrogen-bond donors (Lipinski definition) is 2. The topological polar surface area (TPSA) is 62.7 Å². The smallest absolute Gasteiger partial charge is 0.224 e. The quantitative estimate of drug-likeness (QED) is 0.874. The summed E-state index contributed by atoms with van der Waals surface area (Å²) in [5, 5.41) is 8.65. The summed E-state index contributed by atoms with van der Waals surface area (Å²) in [6, 6.07) is 0. The van der Waals surface area contributed by atoms with Gasteiger partial charge in [-0.05, 0) is 6.92 Å². The zero-order valence-corrected chi connectivity index (χ0v) is 10.8. The molecular formula is C10H12ClN5S. The van der Waals surface area contributed by atoms with Crippen LogP contribution in [-0.4, -0.2) is 21.5 Å². The summed E-state index contributed by atoms with van der Waals surface area (Å²) < 4.78 is 0. The van der Waals surface area contributed by atoms with E-state index < -0.39 is 0 Å². The van der Waals surface area contributed by atoms with Gasteiger partial charge in [-0.15, -0.1) is 11.3 Å². The number of halogens is 1. The number of nitrogens with zero attached hydrogens (tertiary/aromatic N) is 3. The van der Waals surface area contributed by atoms with Crippen LogP contribution in [-0.2, 0) is 6.54 Å². The van der Waals surface area contributed by atoms with Crippen LogP contribution in [0.2, 0.25) is 5.02 Å². The first-order chi connectivity index (χ1) is 8.29. The van der Waals surface area contributed by atoms with Crippen LogP contribution in [0.3, 0.4) is 0 Å². The Balaban J connectivity index is 2.06. The molecular weight excluding hydrogens is 258 g/mol. The van der Waals surface area contributed by atoms with Crippen molar-refractivity contribution in [3.05, 3.63) is 27.8 Å². The number of anilines is 2. The molecule has 2 N–H and O–H groups in total. The van der Waals surface area contributed by atoms with E-state index >= 15 is 0 Å². The van der Waals surface area contributed by atoms with Gasteiger partial charge in [-0.2, -0.15) is 4.98 Å². The molecule has 0 amide bonds. The standard InChI is InChI=1S/C10H12ClN5S/c1-2-12-10-14-4-8(11)9(16-10)13-3-7-5-17-6-15-7/h4-6H,2-3H2,1H3,(H2,12,13,14,16). The minimum Gasteiger partial charge on any atom is -0.363 e. The Kier molecular flexibility index (Phi) is 4.11. The fourth-order valence-corrected chi connectivity index (χ4v) is 1.95. The van der Waals surface area contributed by atoms with Gasteiger partial charge in [-0.25, -0.2) is 9.97 Å². The minimum absolute atomic E-state index is 0.502. The molecule has 0 aromatic carbocycles. The van der Waals surface area contributed by atoms with Crippen LogP contribution >= 0.6 is 22.9 Å². The molecule has 5 nitrogen and oxygen atoms in total. The fourth-order valence-electron chi connectivity index (χ4n) is 1.23. The summed E-state index contributed by atoms with van der Waals surface area (Å²) in [6.07, 6.45) is 1.58. The second-order valence-corrected chi connectivity index (χ2v) is 4.38. The van der Waals surface area contributed by atoms with Crippen molar-refractivity contribution < 1.29 is 0 Å². The minimum atomic E-state index is 0.502. The maximum atomic E-state index is 6.00. The third-order valence-corrected chi connectivity index (χ3v) is 2.91. The second kappa shape index (κ2) is 5.79. The van der Waals surface area contributed by atoms with Gasteiger partial charge in [0, 0.05) is 11.9 Å². The summed E-state index contributed by atoms with van der Waals surface area (Å²) >= 11 is 7.56. The lowest BCUT2D eigenvalue weighted by molar-refractivity contribution is 1.03. The molecule has 0 aliphatic heterocycles. The molecule has 0 atom stereocenters. The molecule has 2 aromatic heterocycles. The molecule has 2 heterocycles. The molecule has 0 aliphatic rings. The monoisotopic (exact) mass is 269 g/mol. The summed E-state index contributed by atoms with van der Waals surface area (Å²) in [4.78, 5) is 12.5. The van der Waals surface area contributed by atoms with Crippen molar-refractivity contribution in [1.29, 1.82) is 0 Å². The van der Waals surface area contributed by atoms with Gasteiger partial charge in [0.2, 0.25) is 5.95 Å². The van der Waals surface area contributed by atoms with E-state index in [1.165, 1.54) is 0 Å². The lowest BCUT2D eigenvalue weighted by Crippen LogP contribution is -2.07. The highest BCUT2D eigenvalue weighted by atomic mass is 35.5. The molecule has 2 aromatic rings. The van der Waals surface area contributed by atoms with E-state index in [0.717, 1.165) is 12.2 Å². The zero-order chi connectivity index (χ0) is 12.1. The SMILES string of the molecule is CCNc1ncc(Cl)c(NCc2cscn2)n1. The molecule has 0 fully saturated rings. The van der Waals surface area contributed by atoms with Crippen LogP contribution in [0.15, 0.2) is 17.1 Å². The fraction of sp³-hybridized carbons (Fsp3) is 0.300. The highest BCUT2D eigenvalue weighted by Crippen LogP contribution is 2.19. The third-order valence-electron chi connectivity index (χ3n) is 2.00. The van der Waals surface area contributed by atoms with E-state index in [-0.39, 0.29) is 0 Å². The molecule has 2 rings (SSSR count). The first-order valence-corrected chi connectivity index (χ1v) is 6.49. The van der Waals surface area contributed by atoms with Crippen LogP contribution in [0.5, 0.6) is 0 Å². The second-order valence-electron chi connectivity index (χ2n) is 3.25. The normalized spacial score (nSPS) is 10.2. The summed E-state index contributed by atoms with van der Waals surface area (Å²) in [6.45, 7) is 3.36. The van der Waals surface area contributed by atoms with Gasteiger partial charge in [0.1, 0.15) is 5.02 Å². The molecule has 0 saturated heterocycles. The Morgan fingerprint density at radius 2 is 2.24 bits per heavy atom. The summed E-state index contributed by atoms with van der Waals surface area (Å²) in [5.74, 6) is 1.18. The number of hydrogen-bond acceptors (Lipinski definition) is 6. The van der Waals surface area contributed by atoms with Gasteiger partial charge in [-0.3, -0.25) is 0 Å². The third kappa shape index (κ3) is 3.28. The first kappa shape index (κ1) is 12.1. The van der Waals surface area contributed by atoms with Crippen LogP contribution < -0.4 is 10.6 Å². The van der Waals surface area contributed by atoms with E-state index in [9.17, 15) is 0 Å². The van der Waals surface area contributed by atoms with E-state index in [4.69, 9.17) is 11.6 Å². The lowest BCUT2D eigenvalue weighted by atomic mass is 10.4. The average molecular weight is 270 g/mol. The number of thiazole rings is 1. The summed E-state index contributed by atoms with van der Waals surface area (Å²) in [5.41, 5.74) is 2.76. The predicted molar refractivity (Wildman–Crippen MR) is 70.6 cm³/mol. The van der Waals surface area contributed by atoms with Crippen molar-refractivity contribution in [2.45, 2.75) is 13.5 Å². The Labute approximate surface area is 108 Å². The molecule has 90 valence electrons. The van der Waals surface area contributed by atoms with Crippen LogP contribution in [0.4, 0.5) is 11.8 Å². The number of aromatic nitrogens is 3. The highest BCUT2D eigenvalue weighted by molar-refractivity contribution is 7.07. The largest absolute Gasteiger partial charge is 0.363 e. The maximum absolute atomic E-state index is 6.00. The van der Waals surface area contributed by atoms with Gasteiger partial charge in [0.15, 0.2) is 5.82 Å². The highest BCUT2D eigenvalue weighted by Gasteiger charge is 2.05. The molecule has 7 heteroatoms. The van der Waals surface area contributed by atoms with Crippen molar-refractivity contribution in [2.24, 2.45) is 0 Å². The van der Waals surface area contributed by atoms with Crippen molar-refractivity contribution in [3.8, 4) is 0 Å². The zero-order valence-electron chi connectivity index (χ0n) is 9.27. The number of nitrogens with one attached hydrogen (secondary N) is 2.